The van der Waals surface area contributed by atoms with Gasteiger partial charge in [-0.05, 0) is 33.9 Å². The highest BCUT2D eigenvalue weighted by Crippen LogP contribution is 2.15. The second-order valence-electron chi connectivity index (χ2n) is 4.79. The predicted octanol–water partition coefficient (Wildman–Crippen LogP) is 0.944. The molecule has 0 bridgehead atoms. The Morgan fingerprint density at radius 3 is 2.12 bits per heavy atom. The van der Waals surface area contributed by atoms with Crippen LogP contribution < -0.4 is 5.32 Å². The molecule has 0 saturated heterocycles. The number of likely N-dealkylation sites (N-methyl/N-ethyl adjacent to an activating group) is 1. The molecule has 0 aliphatic carbocycles. The zero-order valence-electron chi connectivity index (χ0n) is 11.4. The molecule has 0 rings (SSSR count). The summed E-state index contributed by atoms with van der Waals surface area (Å²) in [4.78, 5) is 24.9. The maximum absolute atomic E-state index is 11.8. The van der Waals surface area contributed by atoms with Crippen LogP contribution >= 0.6 is 0 Å². The zero-order valence-corrected chi connectivity index (χ0v) is 11.4. The molecular weight excluding hydrogens is 220 g/mol. The summed E-state index contributed by atoms with van der Waals surface area (Å²) in [5.41, 5.74) is -1.38. The lowest BCUT2D eigenvalue weighted by molar-refractivity contribution is -0.153. The predicted molar refractivity (Wildman–Crippen MR) is 66.8 cm³/mol. The number of nitrogens with one attached hydrogen (secondary N) is 1. The summed E-state index contributed by atoms with van der Waals surface area (Å²) in [5.74, 6) is -1.55. The van der Waals surface area contributed by atoms with Crippen molar-refractivity contribution in [3.8, 4) is 0 Å². The van der Waals surface area contributed by atoms with E-state index in [1.165, 1.54) is 13.8 Å². The van der Waals surface area contributed by atoms with E-state index in [-0.39, 0.29) is 6.04 Å². The van der Waals surface area contributed by atoms with E-state index < -0.39 is 17.3 Å². The number of carbonyl (C=O) groups is 2. The molecule has 1 amide bonds. The molecule has 17 heavy (non-hydrogen) atoms. The monoisotopic (exact) mass is 244 g/mol. The number of carboxylic acids is 1. The molecule has 0 heterocycles. The Morgan fingerprint density at radius 2 is 1.76 bits per heavy atom. The molecule has 0 fully saturated rings. The Labute approximate surface area is 103 Å². The van der Waals surface area contributed by atoms with Crippen LogP contribution in [0.3, 0.4) is 0 Å². The van der Waals surface area contributed by atoms with Crippen LogP contribution in [0.1, 0.15) is 34.6 Å². The maximum atomic E-state index is 11.8. The first-order valence-corrected chi connectivity index (χ1v) is 6.02. The van der Waals surface area contributed by atoms with E-state index in [1.807, 2.05) is 6.92 Å². The van der Waals surface area contributed by atoms with Crippen molar-refractivity contribution in [2.75, 3.05) is 19.6 Å². The second kappa shape index (κ2) is 6.59. The molecule has 0 aromatic heterocycles. The minimum Gasteiger partial charge on any atom is -0.480 e. The Balaban J connectivity index is 4.34. The van der Waals surface area contributed by atoms with E-state index in [4.69, 9.17) is 5.11 Å². The molecule has 0 saturated carbocycles. The average molecular weight is 244 g/mol. The smallest absolute Gasteiger partial charge is 0.318 e. The molecule has 1 atom stereocenters. The molecule has 0 aromatic rings. The van der Waals surface area contributed by atoms with Gasteiger partial charge in [-0.15, -0.1) is 0 Å². The molecule has 5 nitrogen and oxygen atoms in total. The van der Waals surface area contributed by atoms with E-state index >= 15 is 0 Å². The minimum absolute atomic E-state index is 0.0546. The molecule has 0 aliphatic heterocycles. The van der Waals surface area contributed by atoms with E-state index in [0.717, 1.165) is 19.6 Å². The van der Waals surface area contributed by atoms with Gasteiger partial charge in [0.05, 0.1) is 0 Å². The average Bonchev–Trinajstić information content (AvgIpc) is 2.25. The number of carbonyl (C=O) groups excluding carboxylic acids is 1. The maximum Gasteiger partial charge on any atom is 0.318 e. The molecule has 0 spiro atoms. The Morgan fingerprint density at radius 1 is 1.29 bits per heavy atom. The van der Waals surface area contributed by atoms with Crippen molar-refractivity contribution in [1.29, 1.82) is 0 Å². The summed E-state index contributed by atoms with van der Waals surface area (Å²) < 4.78 is 0. The Kier molecular flexibility index (Phi) is 6.16. The summed E-state index contributed by atoms with van der Waals surface area (Å²) >= 11 is 0. The van der Waals surface area contributed by atoms with Crippen molar-refractivity contribution in [3.63, 3.8) is 0 Å². The van der Waals surface area contributed by atoms with Gasteiger partial charge in [0.15, 0.2) is 0 Å². The van der Waals surface area contributed by atoms with Crippen LogP contribution in [0, 0.1) is 5.41 Å². The lowest BCUT2D eigenvalue weighted by Gasteiger charge is -2.26. The largest absolute Gasteiger partial charge is 0.480 e. The normalized spacial score (nSPS) is 13.5. The van der Waals surface area contributed by atoms with E-state index in [2.05, 4.69) is 24.1 Å². The van der Waals surface area contributed by atoms with Gasteiger partial charge in [-0.1, -0.05) is 13.8 Å². The highest BCUT2D eigenvalue weighted by molar-refractivity contribution is 6.01. The van der Waals surface area contributed by atoms with Gasteiger partial charge >= 0.3 is 5.97 Å². The molecule has 0 radical (unpaired) electrons. The van der Waals surface area contributed by atoms with E-state index in [0.29, 0.717) is 0 Å². The zero-order chi connectivity index (χ0) is 13.6. The molecule has 0 aliphatic rings. The van der Waals surface area contributed by atoms with Crippen molar-refractivity contribution < 1.29 is 14.7 Å². The lowest BCUT2D eigenvalue weighted by atomic mass is 9.92. The highest BCUT2D eigenvalue weighted by atomic mass is 16.4. The van der Waals surface area contributed by atoms with Gasteiger partial charge < -0.3 is 15.3 Å². The first-order valence-electron chi connectivity index (χ1n) is 6.02. The number of hydrogen-bond acceptors (Lipinski definition) is 3. The number of hydrogen-bond donors (Lipinski definition) is 2. The SMILES string of the molecule is CCN(CC)CC(C)NC(=O)C(C)(C)C(=O)O. The molecule has 1 unspecified atom stereocenters. The van der Waals surface area contributed by atoms with Gasteiger partial charge in [0.25, 0.3) is 0 Å². The van der Waals surface area contributed by atoms with Crippen molar-refractivity contribution in [3.05, 3.63) is 0 Å². The van der Waals surface area contributed by atoms with Crippen LogP contribution in [0.4, 0.5) is 0 Å². The van der Waals surface area contributed by atoms with Gasteiger partial charge in [-0.25, -0.2) is 0 Å². The van der Waals surface area contributed by atoms with E-state index in [9.17, 15) is 9.59 Å². The molecule has 5 heteroatoms. The van der Waals surface area contributed by atoms with Crippen LogP contribution in [-0.2, 0) is 9.59 Å². The van der Waals surface area contributed by atoms with Gasteiger partial charge in [0.2, 0.25) is 5.91 Å². The van der Waals surface area contributed by atoms with Crippen LogP contribution in [0.15, 0.2) is 0 Å². The summed E-state index contributed by atoms with van der Waals surface area (Å²) in [6.45, 7) is 11.4. The quantitative estimate of drug-likeness (QED) is 0.654. The van der Waals surface area contributed by atoms with Crippen molar-refractivity contribution >= 4 is 11.9 Å². The van der Waals surface area contributed by atoms with E-state index in [1.54, 1.807) is 0 Å². The fourth-order valence-corrected chi connectivity index (χ4v) is 1.42. The van der Waals surface area contributed by atoms with Crippen molar-refractivity contribution in [1.82, 2.24) is 10.2 Å². The first kappa shape index (κ1) is 15.9. The Bertz CT molecular complexity index is 273. The third-order valence-electron chi connectivity index (χ3n) is 2.91. The third kappa shape index (κ3) is 4.73. The summed E-state index contributed by atoms with van der Waals surface area (Å²) in [6.07, 6.45) is 0. The fraction of sp³-hybridized carbons (Fsp3) is 0.833. The third-order valence-corrected chi connectivity index (χ3v) is 2.91. The lowest BCUT2D eigenvalue weighted by Crippen LogP contribution is -2.49. The van der Waals surface area contributed by atoms with Gasteiger partial charge in [0, 0.05) is 12.6 Å². The first-order chi connectivity index (χ1) is 7.75. The fourth-order valence-electron chi connectivity index (χ4n) is 1.42. The van der Waals surface area contributed by atoms with Crippen LogP contribution in [0.2, 0.25) is 0 Å². The summed E-state index contributed by atoms with van der Waals surface area (Å²) in [7, 11) is 0. The molecule has 100 valence electrons. The van der Waals surface area contributed by atoms with Crippen LogP contribution in [0.25, 0.3) is 0 Å². The molecule has 2 N–H and O–H groups in total. The molecular formula is C12H24N2O3. The highest BCUT2D eigenvalue weighted by Gasteiger charge is 2.36. The second-order valence-corrected chi connectivity index (χ2v) is 4.79. The number of nitrogens with zero attached hydrogens (tertiary/aromatic N) is 1. The molecule has 0 aromatic carbocycles. The van der Waals surface area contributed by atoms with Gasteiger partial charge in [0.1, 0.15) is 5.41 Å². The summed E-state index contributed by atoms with van der Waals surface area (Å²) in [5, 5.41) is 11.7. The van der Waals surface area contributed by atoms with Crippen molar-refractivity contribution in [2.24, 2.45) is 5.41 Å². The standard InChI is InChI=1S/C12H24N2O3/c1-6-14(7-2)8-9(3)13-10(15)12(4,5)11(16)17/h9H,6-8H2,1-5H3,(H,13,15)(H,16,17). The number of aliphatic carboxylic acids is 1. The Hall–Kier alpha value is -1.10. The van der Waals surface area contributed by atoms with Crippen molar-refractivity contribution in [2.45, 2.75) is 40.7 Å². The number of amides is 1. The summed E-state index contributed by atoms with van der Waals surface area (Å²) in [6, 6.07) is -0.0546. The van der Waals surface area contributed by atoms with Gasteiger partial charge in [-0.2, -0.15) is 0 Å². The minimum atomic E-state index is -1.38. The number of rotatable bonds is 7. The van der Waals surface area contributed by atoms with Crippen LogP contribution in [-0.4, -0.2) is 47.6 Å². The van der Waals surface area contributed by atoms with Crippen LogP contribution in [0.5, 0.6) is 0 Å². The topological polar surface area (TPSA) is 69.6 Å². The number of carboxylic acid groups (broad SMARTS) is 1. The van der Waals surface area contributed by atoms with Gasteiger partial charge in [-0.3, -0.25) is 9.59 Å².